The van der Waals surface area contributed by atoms with E-state index in [1.807, 2.05) is 0 Å². The fourth-order valence-electron chi connectivity index (χ4n) is 1.70. The van der Waals surface area contributed by atoms with Crippen LogP contribution in [-0.4, -0.2) is 63.2 Å². The molecular formula is C14H26N6O5. The molecule has 0 aliphatic heterocycles. The van der Waals surface area contributed by atoms with E-state index in [0.29, 0.717) is 18.7 Å². The van der Waals surface area contributed by atoms with Gasteiger partial charge in [0.05, 0.1) is 18.6 Å². The number of imidazole rings is 1. The van der Waals surface area contributed by atoms with Crippen molar-refractivity contribution in [1.82, 2.24) is 15.3 Å². The SMILES string of the molecule is NCC(=O)N[C@@H](Cc1c[nH]cn1)C(=O)O.NCCCC[C@H](N)C(=O)O. The molecule has 0 fully saturated rings. The highest BCUT2D eigenvalue weighted by atomic mass is 16.4. The monoisotopic (exact) mass is 358 g/mol. The quantitative estimate of drug-likeness (QED) is 0.230. The molecule has 0 aliphatic rings. The van der Waals surface area contributed by atoms with Gasteiger partial charge >= 0.3 is 11.9 Å². The first-order chi connectivity index (χ1) is 11.8. The molecule has 0 aromatic carbocycles. The van der Waals surface area contributed by atoms with E-state index in [0.717, 1.165) is 12.8 Å². The van der Waals surface area contributed by atoms with Crippen molar-refractivity contribution in [1.29, 1.82) is 0 Å². The molecule has 0 bridgehead atoms. The van der Waals surface area contributed by atoms with E-state index >= 15 is 0 Å². The third kappa shape index (κ3) is 10.8. The molecule has 1 amide bonds. The fraction of sp³-hybridized carbons (Fsp3) is 0.571. The molecule has 11 heteroatoms. The van der Waals surface area contributed by atoms with Gasteiger partial charge in [0, 0.05) is 12.6 Å². The van der Waals surface area contributed by atoms with E-state index in [9.17, 15) is 14.4 Å². The summed E-state index contributed by atoms with van der Waals surface area (Å²) in [5, 5.41) is 19.4. The molecule has 1 aromatic rings. The van der Waals surface area contributed by atoms with Gasteiger partial charge in [-0.1, -0.05) is 6.42 Å². The Labute approximate surface area is 145 Å². The number of carboxylic acids is 2. The molecule has 10 N–H and O–H groups in total. The molecule has 1 rings (SSSR count). The Morgan fingerprint density at radius 1 is 1.20 bits per heavy atom. The van der Waals surface area contributed by atoms with Gasteiger partial charge in [-0.2, -0.15) is 0 Å². The first kappa shape index (κ1) is 22.5. The average molecular weight is 358 g/mol. The number of nitrogens with zero attached hydrogens (tertiary/aromatic N) is 1. The molecule has 0 radical (unpaired) electrons. The van der Waals surface area contributed by atoms with Crippen LogP contribution in [-0.2, 0) is 20.8 Å². The Hall–Kier alpha value is -2.50. The zero-order valence-electron chi connectivity index (χ0n) is 13.9. The van der Waals surface area contributed by atoms with E-state index in [4.69, 9.17) is 27.4 Å². The van der Waals surface area contributed by atoms with Crippen LogP contribution >= 0.6 is 0 Å². The number of unbranched alkanes of at least 4 members (excludes halogenated alkanes) is 1. The van der Waals surface area contributed by atoms with Crippen molar-refractivity contribution < 1.29 is 24.6 Å². The van der Waals surface area contributed by atoms with Gasteiger partial charge in [0.2, 0.25) is 5.91 Å². The van der Waals surface area contributed by atoms with Gasteiger partial charge in [0.15, 0.2) is 0 Å². The molecular weight excluding hydrogens is 332 g/mol. The summed E-state index contributed by atoms with van der Waals surface area (Å²) in [5.41, 5.74) is 16.1. The predicted molar refractivity (Wildman–Crippen MR) is 89.4 cm³/mol. The maximum absolute atomic E-state index is 10.9. The van der Waals surface area contributed by atoms with Gasteiger partial charge < -0.3 is 37.7 Å². The summed E-state index contributed by atoms with van der Waals surface area (Å²) < 4.78 is 0. The number of aromatic amines is 1. The van der Waals surface area contributed by atoms with Crippen LogP contribution < -0.4 is 22.5 Å². The number of carbonyl (C=O) groups is 3. The first-order valence-corrected chi connectivity index (χ1v) is 7.70. The van der Waals surface area contributed by atoms with Crippen LogP contribution in [0.2, 0.25) is 0 Å². The lowest BCUT2D eigenvalue weighted by atomic mass is 10.1. The number of carbonyl (C=O) groups excluding carboxylic acids is 1. The lowest BCUT2D eigenvalue weighted by Crippen LogP contribution is -2.44. The molecule has 0 unspecified atom stereocenters. The lowest BCUT2D eigenvalue weighted by molar-refractivity contribution is -0.141. The highest BCUT2D eigenvalue weighted by molar-refractivity contribution is 5.84. The van der Waals surface area contributed by atoms with Gasteiger partial charge in [-0.15, -0.1) is 0 Å². The van der Waals surface area contributed by atoms with Crippen molar-refractivity contribution in [2.24, 2.45) is 17.2 Å². The molecule has 1 aromatic heterocycles. The summed E-state index contributed by atoms with van der Waals surface area (Å²) >= 11 is 0. The van der Waals surface area contributed by atoms with Crippen LogP contribution in [0.5, 0.6) is 0 Å². The molecule has 25 heavy (non-hydrogen) atoms. The number of aliphatic carboxylic acids is 2. The van der Waals surface area contributed by atoms with E-state index in [-0.39, 0.29) is 13.0 Å². The van der Waals surface area contributed by atoms with E-state index in [1.165, 1.54) is 6.33 Å². The van der Waals surface area contributed by atoms with Gasteiger partial charge in [-0.25, -0.2) is 9.78 Å². The normalized spacial score (nSPS) is 12.4. The second kappa shape index (κ2) is 12.9. The average Bonchev–Trinajstić information content (AvgIpc) is 3.07. The molecule has 11 nitrogen and oxygen atoms in total. The third-order valence-corrected chi connectivity index (χ3v) is 3.07. The predicted octanol–water partition coefficient (Wildman–Crippen LogP) is -1.99. The van der Waals surface area contributed by atoms with Gasteiger partial charge in [-0.05, 0) is 19.4 Å². The molecule has 0 aliphatic carbocycles. The summed E-state index contributed by atoms with van der Waals surface area (Å²) in [5.74, 6) is -2.55. The zero-order valence-corrected chi connectivity index (χ0v) is 13.9. The largest absolute Gasteiger partial charge is 0.480 e. The van der Waals surface area contributed by atoms with E-state index in [2.05, 4.69) is 15.3 Å². The second-order valence-corrected chi connectivity index (χ2v) is 5.16. The number of H-pyrrole nitrogens is 1. The van der Waals surface area contributed by atoms with Crippen LogP contribution in [0.15, 0.2) is 12.5 Å². The number of hydrogen-bond donors (Lipinski definition) is 7. The summed E-state index contributed by atoms with van der Waals surface area (Å²) in [6.07, 6.45) is 5.31. The summed E-state index contributed by atoms with van der Waals surface area (Å²) in [4.78, 5) is 38.4. The Kier molecular flexibility index (Phi) is 11.6. The molecule has 1 heterocycles. The number of amides is 1. The van der Waals surface area contributed by atoms with Crippen molar-refractivity contribution in [2.75, 3.05) is 13.1 Å². The lowest BCUT2D eigenvalue weighted by Gasteiger charge is -2.12. The molecule has 0 saturated heterocycles. The van der Waals surface area contributed by atoms with Crippen LogP contribution in [0, 0.1) is 0 Å². The molecule has 0 spiro atoms. The van der Waals surface area contributed by atoms with Crippen molar-refractivity contribution in [3.8, 4) is 0 Å². The molecule has 2 atom stereocenters. The van der Waals surface area contributed by atoms with Crippen LogP contribution in [0.3, 0.4) is 0 Å². The molecule has 142 valence electrons. The van der Waals surface area contributed by atoms with Gasteiger partial charge in [0.1, 0.15) is 12.1 Å². The smallest absolute Gasteiger partial charge is 0.326 e. The zero-order chi connectivity index (χ0) is 19.2. The van der Waals surface area contributed by atoms with Crippen molar-refractivity contribution >= 4 is 17.8 Å². The Balaban J connectivity index is 0.000000504. The number of nitrogens with one attached hydrogen (secondary N) is 2. The Morgan fingerprint density at radius 3 is 2.32 bits per heavy atom. The van der Waals surface area contributed by atoms with Crippen molar-refractivity contribution in [2.45, 2.75) is 37.8 Å². The summed E-state index contributed by atoms with van der Waals surface area (Å²) in [6.45, 7) is 0.372. The first-order valence-electron chi connectivity index (χ1n) is 7.70. The third-order valence-electron chi connectivity index (χ3n) is 3.07. The topological polar surface area (TPSA) is 210 Å². The number of rotatable bonds is 10. The number of hydrogen-bond acceptors (Lipinski definition) is 7. The van der Waals surface area contributed by atoms with Crippen molar-refractivity contribution in [3.05, 3.63) is 18.2 Å². The Bertz CT molecular complexity index is 522. The summed E-state index contributed by atoms with van der Waals surface area (Å²) in [7, 11) is 0. The van der Waals surface area contributed by atoms with Crippen molar-refractivity contribution in [3.63, 3.8) is 0 Å². The second-order valence-electron chi connectivity index (χ2n) is 5.16. The van der Waals surface area contributed by atoms with E-state index in [1.54, 1.807) is 6.20 Å². The Morgan fingerprint density at radius 2 is 1.88 bits per heavy atom. The van der Waals surface area contributed by atoms with Gasteiger partial charge in [0.25, 0.3) is 0 Å². The standard InChI is InChI=1S/C8H12N4O3.C6H14N2O2/c9-2-7(13)12-6(8(14)15)1-5-3-10-4-11-5;7-4-2-1-3-5(8)6(9)10/h3-4,6H,1-2,9H2,(H,10,11)(H,12,13)(H,14,15);5H,1-4,7-8H2,(H,9,10)/t6-;5-/m00/s1. The summed E-state index contributed by atoms with van der Waals surface area (Å²) in [6, 6.07) is -1.71. The fourth-order valence-corrected chi connectivity index (χ4v) is 1.70. The van der Waals surface area contributed by atoms with Crippen LogP contribution in [0.1, 0.15) is 25.0 Å². The number of aromatic nitrogens is 2. The van der Waals surface area contributed by atoms with E-state index < -0.39 is 29.9 Å². The van der Waals surface area contributed by atoms with Crippen LogP contribution in [0.25, 0.3) is 0 Å². The maximum Gasteiger partial charge on any atom is 0.326 e. The number of nitrogens with two attached hydrogens (primary N) is 3. The van der Waals surface area contributed by atoms with Crippen LogP contribution in [0.4, 0.5) is 0 Å². The minimum absolute atomic E-state index is 0.130. The van der Waals surface area contributed by atoms with Gasteiger partial charge in [-0.3, -0.25) is 9.59 Å². The minimum Gasteiger partial charge on any atom is -0.480 e. The highest BCUT2D eigenvalue weighted by Crippen LogP contribution is 1.98. The number of carboxylic acid groups (broad SMARTS) is 2. The maximum atomic E-state index is 10.9. The highest BCUT2D eigenvalue weighted by Gasteiger charge is 2.20. The molecule has 0 saturated carbocycles. The minimum atomic E-state index is -1.11.